The Morgan fingerprint density at radius 3 is 2.60 bits per heavy atom. The van der Waals surface area contributed by atoms with E-state index in [1.165, 1.54) is 19.9 Å². The minimum atomic E-state index is -3.27. The zero-order chi connectivity index (χ0) is 17.8. The zero-order valence-corrected chi connectivity index (χ0v) is 14.2. The van der Waals surface area contributed by atoms with Gasteiger partial charge < -0.3 is 5.32 Å². The van der Waals surface area contributed by atoms with Crippen molar-refractivity contribution in [2.24, 2.45) is 5.92 Å². The van der Waals surface area contributed by atoms with Crippen LogP contribution >= 0.6 is 0 Å². The Kier molecular flexibility index (Phi) is 3.62. The van der Waals surface area contributed by atoms with Crippen molar-refractivity contribution >= 4 is 5.69 Å². The standard InChI is InChI=1S/C20H21F3N2/c1-19(2)20(22,23)17-14(7-5-8-15(17)21)18(25-19)13-10-12-6-3-4-9-16(12)24-11-13/h3-9,13,18,24-25H,10-11H2,1-2H3. The molecular weight excluding hydrogens is 325 g/mol. The van der Waals surface area contributed by atoms with Crippen LogP contribution in [0.5, 0.6) is 0 Å². The van der Waals surface area contributed by atoms with Crippen LogP contribution < -0.4 is 10.6 Å². The van der Waals surface area contributed by atoms with Gasteiger partial charge >= 0.3 is 0 Å². The van der Waals surface area contributed by atoms with Crippen LogP contribution in [0.3, 0.4) is 0 Å². The number of benzene rings is 2. The summed E-state index contributed by atoms with van der Waals surface area (Å²) < 4.78 is 44.2. The molecule has 4 rings (SSSR count). The Balaban J connectivity index is 1.78. The molecule has 2 nitrogen and oxygen atoms in total. The van der Waals surface area contributed by atoms with Crippen molar-refractivity contribution in [1.82, 2.24) is 5.32 Å². The number of nitrogens with one attached hydrogen (secondary N) is 2. The first-order valence-electron chi connectivity index (χ1n) is 8.57. The molecular formula is C20H21F3N2. The highest BCUT2D eigenvalue weighted by Crippen LogP contribution is 2.50. The SMILES string of the molecule is CC1(C)NC(C2CNc3ccccc3C2)c2cccc(F)c2C1(F)F. The first-order valence-corrected chi connectivity index (χ1v) is 8.57. The molecule has 0 fully saturated rings. The van der Waals surface area contributed by atoms with Crippen LogP contribution in [0.25, 0.3) is 0 Å². The highest BCUT2D eigenvalue weighted by atomic mass is 19.3. The molecule has 2 atom stereocenters. The second-order valence-electron chi connectivity index (χ2n) is 7.53. The van der Waals surface area contributed by atoms with Crippen LogP contribution in [0.1, 0.15) is 36.6 Å². The number of alkyl halides is 2. The average molecular weight is 346 g/mol. The van der Waals surface area contributed by atoms with E-state index in [0.717, 1.165) is 23.7 Å². The number of anilines is 1. The quantitative estimate of drug-likeness (QED) is 0.787. The molecule has 0 amide bonds. The van der Waals surface area contributed by atoms with Gasteiger partial charge in [0.25, 0.3) is 5.92 Å². The van der Waals surface area contributed by atoms with E-state index in [2.05, 4.69) is 10.6 Å². The molecule has 2 heterocycles. The number of hydrogen-bond donors (Lipinski definition) is 2. The van der Waals surface area contributed by atoms with Crippen LogP contribution in [0.4, 0.5) is 18.9 Å². The third-order valence-corrected chi connectivity index (χ3v) is 5.52. The largest absolute Gasteiger partial charge is 0.384 e. The molecule has 5 heteroatoms. The molecule has 0 aromatic heterocycles. The van der Waals surface area contributed by atoms with Crippen molar-refractivity contribution in [2.45, 2.75) is 37.8 Å². The molecule has 2 aliphatic heterocycles. The summed E-state index contributed by atoms with van der Waals surface area (Å²) in [7, 11) is 0. The molecule has 25 heavy (non-hydrogen) atoms. The van der Waals surface area contributed by atoms with Gasteiger partial charge in [-0.25, -0.2) is 4.39 Å². The Hall–Kier alpha value is -2.01. The highest BCUT2D eigenvalue weighted by Gasteiger charge is 2.56. The van der Waals surface area contributed by atoms with Crippen molar-refractivity contribution in [2.75, 3.05) is 11.9 Å². The zero-order valence-electron chi connectivity index (χ0n) is 14.2. The number of rotatable bonds is 1. The molecule has 0 saturated carbocycles. The van der Waals surface area contributed by atoms with Crippen LogP contribution in [-0.2, 0) is 12.3 Å². The van der Waals surface area contributed by atoms with Crippen LogP contribution in [0.2, 0.25) is 0 Å². The van der Waals surface area contributed by atoms with Gasteiger partial charge in [-0.2, -0.15) is 8.78 Å². The summed E-state index contributed by atoms with van der Waals surface area (Å²) in [4.78, 5) is 0. The van der Waals surface area contributed by atoms with Crippen molar-refractivity contribution < 1.29 is 13.2 Å². The molecule has 0 bridgehead atoms. The summed E-state index contributed by atoms with van der Waals surface area (Å²) in [5, 5.41) is 6.49. The lowest BCUT2D eigenvalue weighted by Gasteiger charge is -2.47. The summed E-state index contributed by atoms with van der Waals surface area (Å²) in [6, 6.07) is 11.9. The van der Waals surface area contributed by atoms with Crippen LogP contribution in [0, 0.1) is 11.7 Å². The second kappa shape index (κ2) is 5.49. The Morgan fingerprint density at radius 1 is 1.04 bits per heavy atom. The van der Waals surface area contributed by atoms with Crippen LogP contribution in [-0.4, -0.2) is 12.1 Å². The molecule has 2 aromatic carbocycles. The number of hydrogen-bond acceptors (Lipinski definition) is 2. The molecule has 2 aromatic rings. The fraction of sp³-hybridized carbons (Fsp3) is 0.400. The first kappa shape index (κ1) is 16.5. The smallest absolute Gasteiger partial charge is 0.293 e. The van der Waals surface area contributed by atoms with E-state index in [1.54, 1.807) is 6.07 Å². The Bertz CT molecular complexity index is 816. The normalized spacial score (nSPS) is 26.3. The predicted molar refractivity (Wildman–Crippen MR) is 92.4 cm³/mol. The molecule has 2 N–H and O–H groups in total. The highest BCUT2D eigenvalue weighted by molar-refractivity contribution is 5.54. The summed E-state index contributed by atoms with van der Waals surface area (Å²) in [5.74, 6) is -4.04. The molecule has 132 valence electrons. The maximum atomic E-state index is 14.9. The van der Waals surface area contributed by atoms with Crippen molar-refractivity contribution in [3.63, 3.8) is 0 Å². The average Bonchev–Trinajstić information content (AvgIpc) is 2.58. The van der Waals surface area contributed by atoms with Crippen molar-refractivity contribution in [3.8, 4) is 0 Å². The Morgan fingerprint density at radius 2 is 1.80 bits per heavy atom. The fourth-order valence-electron chi connectivity index (χ4n) is 4.07. The fourth-order valence-corrected chi connectivity index (χ4v) is 4.07. The van der Waals surface area contributed by atoms with Gasteiger partial charge in [-0.3, -0.25) is 5.32 Å². The van der Waals surface area contributed by atoms with E-state index in [-0.39, 0.29) is 12.0 Å². The van der Waals surface area contributed by atoms with E-state index in [0.29, 0.717) is 12.1 Å². The van der Waals surface area contributed by atoms with Gasteiger partial charge in [-0.1, -0.05) is 30.3 Å². The minimum Gasteiger partial charge on any atom is -0.384 e. The van der Waals surface area contributed by atoms with Crippen LogP contribution in [0.15, 0.2) is 42.5 Å². The summed E-state index contributed by atoms with van der Waals surface area (Å²) in [6.07, 6.45) is 0.762. The summed E-state index contributed by atoms with van der Waals surface area (Å²) >= 11 is 0. The lowest BCUT2D eigenvalue weighted by atomic mass is 9.74. The topological polar surface area (TPSA) is 24.1 Å². The van der Waals surface area contributed by atoms with Gasteiger partial charge in [-0.15, -0.1) is 0 Å². The number of fused-ring (bicyclic) bond motifs is 2. The van der Waals surface area contributed by atoms with E-state index in [9.17, 15) is 13.2 Å². The predicted octanol–water partition coefficient (Wildman–Crippen LogP) is 4.62. The van der Waals surface area contributed by atoms with E-state index in [1.807, 2.05) is 24.3 Å². The monoisotopic (exact) mass is 346 g/mol. The number of halogens is 3. The van der Waals surface area contributed by atoms with E-state index in [4.69, 9.17) is 0 Å². The third kappa shape index (κ3) is 2.44. The van der Waals surface area contributed by atoms with Gasteiger partial charge in [0, 0.05) is 18.3 Å². The van der Waals surface area contributed by atoms with Gasteiger partial charge in [0.2, 0.25) is 0 Å². The van der Waals surface area contributed by atoms with E-state index < -0.39 is 22.8 Å². The second-order valence-corrected chi connectivity index (χ2v) is 7.53. The van der Waals surface area contributed by atoms with Crippen molar-refractivity contribution in [1.29, 1.82) is 0 Å². The first-order chi connectivity index (χ1) is 11.8. The van der Waals surface area contributed by atoms with Gasteiger partial charge in [-0.05, 0) is 49.4 Å². The van der Waals surface area contributed by atoms with Gasteiger partial charge in [0.15, 0.2) is 0 Å². The van der Waals surface area contributed by atoms with Crippen molar-refractivity contribution in [3.05, 3.63) is 65.0 Å². The lowest BCUT2D eigenvalue weighted by Crippen LogP contribution is -2.59. The maximum Gasteiger partial charge on any atom is 0.293 e. The molecule has 0 radical (unpaired) electrons. The van der Waals surface area contributed by atoms with Gasteiger partial charge in [0.1, 0.15) is 5.82 Å². The summed E-state index contributed by atoms with van der Waals surface area (Å²) in [5.41, 5.74) is 0.634. The molecule has 0 aliphatic carbocycles. The minimum absolute atomic E-state index is 0.0609. The molecule has 2 aliphatic rings. The molecule has 2 unspecified atom stereocenters. The van der Waals surface area contributed by atoms with E-state index >= 15 is 0 Å². The van der Waals surface area contributed by atoms with Gasteiger partial charge in [0.05, 0.1) is 11.1 Å². The Labute approximate surface area is 145 Å². The third-order valence-electron chi connectivity index (χ3n) is 5.52. The molecule has 0 spiro atoms. The lowest BCUT2D eigenvalue weighted by molar-refractivity contribution is -0.103. The number of para-hydroxylation sites is 1. The maximum absolute atomic E-state index is 14.9. The summed E-state index contributed by atoms with van der Waals surface area (Å²) in [6.45, 7) is 3.55. The molecule has 0 saturated heterocycles.